The van der Waals surface area contributed by atoms with Crippen molar-refractivity contribution in [1.29, 1.82) is 0 Å². The Hall–Kier alpha value is 0.380. The quantitative estimate of drug-likeness (QED) is 0.651. The summed E-state index contributed by atoms with van der Waals surface area (Å²) in [5.74, 6) is 0. The first-order valence-corrected chi connectivity index (χ1v) is 9.45. The van der Waals surface area contributed by atoms with Gasteiger partial charge in [0.05, 0.1) is 0 Å². The Labute approximate surface area is 77.0 Å². The maximum absolute atomic E-state index is 11.2. The van der Waals surface area contributed by atoms with Crippen molar-refractivity contribution in [2.45, 2.75) is 20.8 Å². The minimum atomic E-state index is -2.76. The van der Waals surface area contributed by atoms with Crippen molar-refractivity contribution in [3.05, 3.63) is 0 Å². The van der Waals surface area contributed by atoms with E-state index in [0.717, 1.165) is 18.5 Å². The molecule has 0 bridgehead atoms. The van der Waals surface area contributed by atoms with Crippen LogP contribution in [-0.4, -0.2) is 38.7 Å². The zero-order valence-corrected chi connectivity index (χ0v) is 10.4. The van der Waals surface area contributed by atoms with Crippen LogP contribution in [0.1, 0.15) is 20.8 Å². The van der Waals surface area contributed by atoms with Crippen LogP contribution in [0.25, 0.3) is 0 Å². The molecule has 0 rings (SSSR count). The number of hydrogen-bond donors (Lipinski definition) is 0. The first kappa shape index (κ1) is 12.4. The average Bonchev–Trinajstić information content (AvgIpc) is 1.99. The van der Waals surface area contributed by atoms with E-state index in [9.17, 15) is 8.42 Å². The molecule has 76 valence electrons. The second kappa shape index (κ2) is 4.57. The van der Waals surface area contributed by atoms with E-state index in [4.69, 9.17) is 0 Å². The van der Waals surface area contributed by atoms with Gasteiger partial charge in [-0.3, -0.25) is 0 Å². The summed E-state index contributed by atoms with van der Waals surface area (Å²) in [5.41, 5.74) is 0.476. The molecule has 0 aromatic rings. The van der Waals surface area contributed by atoms with E-state index >= 15 is 0 Å². The van der Waals surface area contributed by atoms with Crippen LogP contribution in [0.15, 0.2) is 0 Å². The minimum absolute atomic E-state index is 0.476. The van der Waals surface area contributed by atoms with Crippen LogP contribution in [0.3, 0.4) is 0 Å². The van der Waals surface area contributed by atoms with Gasteiger partial charge in [-0.15, -0.1) is 0 Å². The van der Waals surface area contributed by atoms with E-state index in [1.807, 2.05) is 0 Å². The molecule has 0 saturated carbocycles. The second-order valence-electron chi connectivity index (χ2n) is 3.63. The van der Waals surface area contributed by atoms with Gasteiger partial charge in [0.2, 0.25) is 0 Å². The van der Waals surface area contributed by atoms with Crippen molar-refractivity contribution < 1.29 is 8.42 Å². The molecule has 4 heteroatoms. The van der Waals surface area contributed by atoms with E-state index in [1.54, 1.807) is 0 Å². The van der Waals surface area contributed by atoms with Crippen molar-refractivity contribution in [3.8, 4) is 0 Å². The normalized spacial score (nSPS) is 14.7. The Bertz CT molecular complexity index is 209. The SMILES string of the molecule is CC[PH](CC)(CC)CS(C)(=O)=O. The van der Waals surface area contributed by atoms with Crippen molar-refractivity contribution in [3.63, 3.8) is 0 Å². The summed E-state index contributed by atoms with van der Waals surface area (Å²) in [4.78, 5) is 0. The van der Waals surface area contributed by atoms with Gasteiger partial charge in [0.15, 0.2) is 0 Å². The van der Waals surface area contributed by atoms with Crippen LogP contribution in [0, 0.1) is 0 Å². The van der Waals surface area contributed by atoms with Gasteiger partial charge in [0.1, 0.15) is 0 Å². The number of rotatable bonds is 5. The standard InChI is InChI=1S/C8H21O2PS/c1-5-11(6-2,7-3)8-12(4,9)10/h11H,5-8H2,1-4H3. The van der Waals surface area contributed by atoms with Crippen molar-refractivity contribution in [1.82, 2.24) is 0 Å². The van der Waals surface area contributed by atoms with Crippen LogP contribution in [0.4, 0.5) is 0 Å². The van der Waals surface area contributed by atoms with Gasteiger partial charge in [0, 0.05) is 0 Å². The molecule has 0 aliphatic rings. The molecular formula is C8H21O2PS. The monoisotopic (exact) mass is 212 g/mol. The molecule has 12 heavy (non-hydrogen) atoms. The molecule has 0 saturated heterocycles. The Balaban J connectivity index is 4.52. The average molecular weight is 212 g/mol. The molecule has 0 radical (unpaired) electrons. The molecule has 0 aliphatic carbocycles. The predicted octanol–water partition coefficient (Wildman–Crippen LogP) is 1.80. The van der Waals surface area contributed by atoms with Gasteiger partial charge in [-0.05, 0) is 0 Å². The third kappa shape index (κ3) is 3.86. The molecule has 0 N–H and O–H groups in total. The molecule has 0 aliphatic heterocycles. The fraction of sp³-hybridized carbons (Fsp3) is 1.00. The van der Waals surface area contributed by atoms with Crippen LogP contribution >= 0.6 is 7.26 Å². The molecule has 0 spiro atoms. The Kier molecular flexibility index (Phi) is 4.71. The number of hydrogen-bond acceptors (Lipinski definition) is 2. The first-order chi connectivity index (χ1) is 5.39. The molecule has 0 heterocycles. The number of sulfone groups is 1. The molecule has 2 nitrogen and oxygen atoms in total. The fourth-order valence-electron chi connectivity index (χ4n) is 1.61. The second-order valence-corrected chi connectivity index (χ2v) is 11.8. The van der Waals surface area contributed by atoms with Crippen molar-refractivity contribution >= 4 is 17.1 Å². The van der Waals surface area contributed by atoms with E-state index in [0.29, 0.717) is 5.49 Å². The van der Waals surface area contributed by atoms with Gasteiger partial charge < -0.3 is 0 Å². The van der Waals surface area contributed by atoms with Crippen LogP contribution in [0.5, 0.6) is 0 Å². The van der Waals surface area contributed by atoms with Gasteiger partial charge in [-0.25, -0.2) is 0 Å². The van der Waals surface area contributed by atoms with Gasteiger partial charge in [-0.2, -0.15) is 0 Å². The summed E-state index contributed by atoms with van der Waals surface area (Å²) in [7, 11) is -4.20. The van der Waals surface area contributed by atoms with E-state index in [1.165, 1.54) is 6.26 Å². The zero-order valence-electron chi connectivity index (χ0n) is 8.55. The zero-order chi connectivity index (χ0) is 9.83. The summed E-state index contributed by atoms with van der Waals surface area (Å²) < 4.78 is 22.3. The molecular weight excluding hydrogens is 191 g/mol. The topological polar surface area (TPSA) is 34.1 Å². The maximum atomic E-state index is 11.2. The van der Waals surface area contributed by atoms with Crippen LogP contribution < -0.4 is 0 Å². The summed E-state index contributed by atoms with van der Waals surface area (Å²) >= 11 is 0. The molecule has 0 atom stereocenters. The van der Waals surface area contributed by atoms with Gasteiger partial charge in [0.25, 0.3) is 0 Å². The van der Waals surface area contributed by atoms with Crippen molar-refractivity contribution in [2.75, 3.05) is 30.2 Å². The Morgan fingerprint density at radius 3 is 1.42 bits per heavy atom. The van der Waals surface area contributed by atoms with Crippen molar-refractivity contribution in [2.24, 2.45) is 0 Å². The van der Waals surface area contributed by atoms with Crippen LogP contribution in [0.2, 0.25) is 0 Å². The first-order valence-electron chi connectivity index (χ1n) is 4.57. The molecule has 0 fully saturated rings. The van der Waals surface area contributed by atoms with Crippen LogP contribution in [-0.2, 0) is 9.84 Å². The molecule has 0 amide bonds. The van der Waals surface area contributed by atoms with Gasteiger partial charge >= 0.3 is 76.5 Å². The fourth-order valence-corrected chi connectivity index (χ4v) is 10.0. The summed E-state index contributed by atoms with van der Waals surface area (Å²) in [6, 6.07) is 0. The summed E-state index contributed by atoms with van der Waals surface area (Å²) in [5, 5.41) is 0. The molecule has 0 aromatic carbocycles. The Morgan fingerprint density at radius 2 is 1.33 bits per heavy atom. The molecule has 0 unspecified atom stereocenters. The summed E-state index contributed by atoms with van der Waals surface area (Å²) in [6.07, 6.45) is 4.63. The third-order valence-corrected chi connectivity index (χ3v) is 11.9. The molecule has 0 aromatic heterocycles. The van der Waals surface area contributed by atoms with E-state index < -0.39 is 17.1 Å². The predicted molar refractivity (Wildman–Crippen MR) is 59.6 cm³/mol. The summed E-state index contributed by atoms with van der Waals surface area (Å²) in [6.45, 7) is 6.39. The van der Waals surface area contributed by atoms with E-state index in [-0.39, 0.29) is 0 Å². The van der Waals surface area contributed by atoms with Gasteiger partial charge in [-0.1, -0.05) is 0 Å². The van der Waals surface area contributed by atoms with E-state index in [2.05, 4.69) is 20.8 Å². The third-order valence-electron chi connectivity index (χ3n) is 2.82. The Morgan fingerprint density at radius 1 is 1.00 bits per heavy atom.